The lowest BCUT2D eigenvalue weighted by Crippen LogP contribution is -2.25. The van der Waals surface area contributed by atoms with Gasteiger partial charge in [0.1, 0.15) is 11.6 Å². The second kappa shape index (κ2) is 7.13. The van der Waals surface area contributed by atoms with Gasteiger partial charge in [-0.05, 0) is 64.2 Å². The molecule has 0 spiro atoms. The molecule has 2 atom stereocenters. The number of benzene rings is 1. The van der Waals surface area contributed by atoms with Gasteiger partial charge in [0.25, 0.3) is 0 Å². The second-order valence-electron chi connectivity index (χ2n) is 8.53. The highest BCUT2D eigenvalue weighted by molar-refractivity contribution is 7.99. The van der Waals surface area contributed by atoms with Crippen molar-refractivity contribution in [3.8, 4) is 0 Å². The van der Waals surface area contributed by atoms with Gasteiger partial charge in [-0.15, -0.1) is 11.8 Å². The molecule has 2 aromatic rings. The first-order valence-electron chi connectivity index (χ1n) is 9.71. The lowest BCUT2D eigenvalue weighted by atomic mass is 10.0. The van der Waals surface area contributed by atoms with Crippen LogP contribution in [0.2, 0.25) is 0 Å². The molecule has 4 rings (SSSR count). The van der Waals surface area contributed by atoms with E-state index in [9.17, 15) is 4.39 Å². The summed E-state index contributed by atoms with van der Waals surface area (Å²) in [4.78, 5) is 1.18. The maximum absolute atomic E-state index is 14.6. The van der Waals surface area contributed by atoms with Crippen molar-refractivity contribution in [2.24, 2.45) is 0 Å². The minimum absolute atomic E-state index is 0.191. The second-order valence-corrected chi connectivity index (χ2v) is 9.66. The van der Waals surface area contributed by atoms with Crippen LogP contribution < -0.4 is 5.32 Å². The van der Waals surface area contributed by atoms with Crippen molar-refractivity contribution in [3.05, 3.63) is 35.3 Å². The number of nitrogens with zero attached hydrogens (tertiary/aromatic N) is 2. The minimum Gasteiger partial charge on any atom is -0.381 e. The van der Waals surface area contributed by atoms with E-state index in [4.69, 9.17) is 9.84 Å². The molecule has 0 saturated heterocycles. The van der Waals surface area contributed by atoms with E-state index in [0.717, 1.165) is 48.5 Å². The molecule has 146 valence electrons. The molecule has 1 aromatic carbocycles. The summed E-state index contributed by atoms with van der Waals surface area (Å²) in [6.07, 6.45) is 4.38. The molecular weight excluding hydrogens is 361 g/mol. The van der Waals surface area contributed by atoms with Crippen molar-refractivity contribution < 1.29 is 9.13 Å². The Hall–Kier alpha value is -1.53. The normalized spacial score (nSPS) is 22.3. The number of halogens is 1. The van der Waals surface area contributed by atoms with Crippen LogP contribution in [-0.2, 0) is 16.7 Å². The van der Waals surface area contributed by atoms with Gasteiger partial charge < -0.3 is 10.1 Å². The van der Waals surface area contributed by atoms with Gasteiger partial charge in [0, 0.05) is 29.7 Å². The number of ether oxygens (including phenoxy) is 1. The van der Waals surface area contributed by atoms with Crippen LogP contribution in [0.3, 0.4) is 0 Å². The van der Waals surface area contributed by atoms with Crippen molar-refractivity contribution in [2.75, 3.05) is 18.2 Å². The highest BCUT2D eigenvalue weighted by Crippen LogP contribution is 2.41. The van der Waals surface area contributed by atoms with Crippen LogP contribution in [0.4, 0.5) is 15.9 Å². The molecule has 1 aromatic heterocycles. The molecule has 4 nitrogen and oxygen atoms in total. The predicted molar refractivity (Wildman–Crippen MR) is 109 cm³/mol. The average molecular weight is 390 g/mol. The van der Waals surface area contributed by atoms with Crippen molar-refractivity contribution >= 4 is 23.3 Å². The number of rotatable bonds is 4. The Balaban J connectivity index is 1.70. The highest BCUT2D eigenvalue weighted by atomic mass is 32.2. The fraction of sp³-hybridized carbons (Fsp3) is 0.571. The molecule has 1 saturated carbocycles. The van der Waals surface area contributed by atoms with Gasteiger partial charge in [0.2, 0.25) is 0 Å². The van der Waals surface area contributed by atoms with Gasteiger partial charge >= 0.3 is 0 Å². The zero-order valence-electron chi connectivity index (χ0n) is 16.5. The van der Waals surface area contributed by atoms with Crippen LogP contribution in [0.25, 0.3) is 0 Å². The summed E-state index contributed by atoms with van der Waals surface area (Å²) in [7, 11) is 1.78. The highest BCUT2D eigenvalue weighted by Gasteiger charge is 2.30. The van der Waals surface area contributed by atoms with Crippen LogP contribution in [0.5, 0.6) is 0 Å². The molecule has 2 unspecified atom stereocenters. The molecule has 2 aliphatic rings. The lowest BCUT2D eigenvalue weighted by molar-refractivity contribution is 0.108. The number of aromatic nitrogens is 2. The molecule has 0 bridgehead atoms. The summed E-state index contributed by atoms with van der Waals surface area (Å²) >= 11 is 1.80. The third kappa shape index (κ3) is 3.61. The number of nitrogens with one attached hydrogen (secondary N) is 1. The molecule has 0 radical (unpaired) electrons. The summed E-state index contributed by atoms with van der Waals surface area (Å²) in [6, 6.07) is 5.57. The van der Waals surface area contributed by atoms with Gasteiger partial charge in [-0.1, -0.05) is 0 Å². The Kier molecular flexibility index (Phi) is 4.97. The Bertz CT molecular complexity index is 843. The molecular formula is C21H28FN3OS. The number of hydrogen-bond donors (Lipinski definition) is 1. The quantitative estimate of drug-likeness (QED) is 0.754. The topological polar surface area (TPSA) is 39.1 Å². The maximum Gasteiger partial charge on any atom is 0.147 e. The summed E-state index contributed by atoms with van der Waals surface area (Å²) < 4.78 is 22.2. The minimum atomic E-state index is -0.195. The van der Waals surface area contributed by atoms with E-state index in [2.05, 4.69) is 32.2 Å². The summed E-state index contributed by atoms with van der Waals surface area (Å²) in [5, 5.41) is 8.32. The average Bonchev–Trinajstić information content (AvgIpc) is 3.34. The molecule has 1 aliphatic carbocycles. The number of anilines is 2. The fourth-order valence-corrected chi connectivity index (χ4v) is 5.20. The van der Waals surface area contributed by atoms with E-state index in [-0.39, 0.29) is 11.4 Å². The largest absolute Gasteiger partial charge is 0.381 e. The first kappa shape index (κ1) is 18.8. The standard InChI is InChI=1S/C21H28FN3OS/c1-21(2,3)25-19(12-17(24-25)13-5-6-14(11-13)26-4)23-20-15-9-10-27-18(15)8-7-16(20)22/h7-8,12-14,23H,5-6,9-11H2,1-4H3. The molecule has 27 heavy (non-hydrogen) atoms. The van der Waals surface area contributed by atoms with Crippen LogP contribution in [0.15, 0.2) is 23.1 Å². The molecule has 6 heteroatoms. The Labute approximate surface area is 164 Å². The van der Waals surface area contributed by atoms with E-state index < -0.39 is 0 Å². The van der Waals surface area contributed by atoms with Gasteiger partial charge in [0.15, 0.2) is 0 Å². The van der Waals surface area contributed by atoms with Gasteiger partial charge in [-0.25, -0.2) is 9.07 Å². The summed E-state index contributed by atoms with van der Waals surface area (Å²) in [5.41, 5.74) is 2.58. The van der Waals surface area contributed by atoms with E-state index in [1.165, 1.54) is 4.90 Å². The van der Waals surface area contributed by atoms with Crippen LogP contribution in [-0.4, -0.2) is 28.7 Å². The molecule has 1 N–H and O–H groups in total. The Morgan fingerprint density at radius 1 is 1.30 bits per heavy atom. The van der Waals surface area contributed by atoms with Crippen molar-refractivity contribution in [1.29, 1.82) is 0 Å². The van der Waals surface area contributed by atoms with E-state index >= 15 is 0 Å². The fourth-order valence-electron chi connectivity index (χ4n) is 4.13. The zero-order valence-corrected chi connectivity index (χ0v) is 17.3. The zero-order chi connectivity index (χ0) is 19.2. The number of methoxy groups -OCH3 is 1. The predicted octanol–water partition coefficient (Wildman–Crippen LogP) is 5.45. The molecule has 1 aliphatic heterocycles. The van der Waals surface area contributed by atoms with E-state index in [1.54, 1.807) is 24.9 Å². The maximum atomic E-state index is 14.6. The van der Waals surface area contributed by atoms with Crippen molar-refractivity contribution in [1.82, 2.24) is 9.78 Å². The van der Waals surface area contributed by atoms with Crippen LogP contribution in [0, 0.1) is 5.82 Å². The van der Waals surface area contributed by atoms with Gasteiger partial charge in [-0.2, -0.15) is 5.10 Å². The van der Waals surface area contributed by atoms with Crippen LogP contribution >= 0.6 is 11.8 Å². The smallest absolute Gasteiger partial charge is 0.147 e. The van der Waals surface area contributed by atoms with Gasteiger partial charge in [0.05, 0.1) is 23.0 Å². The van der Waals surface area contributed by atoms with Crippen molar-refractivity contribution in [3.63, 3.8) is 0 Å². The third-order valence-corrected chi connectivity index (χ3v) is 6.68. The number of thioether (sulfide) groups is 1. The Morgan fingerprint density at radius 2 is 2.11 bits per heavy atom. The SMILES string of the molecule is COC1CCC(c2cc(Nc3c(F)ccc4c3CCS4)n(C(C)(C)C)n2)C1. The van der Waals surface area contributed by atoms with E-state index in [1.807, 2.05) is 10.7 Å². The molecule has 2 heterocycles. The Morgan fingerprint density at radius 3 is 2.81 bits per heavy atom. The van der Waals surface area contributed by atoms with Gasteiger partial charge in [-0.3, -0.25) is 0 Å². The molecule has 0 amide bonds. The molecule has 1 fully saturated rings. The third-order valence-electron chi connectivity index (χ3n) is 5.58. The van der Waals surface area contributed by atoms with E-state index in [0.29, 0.717) is 17.7 Å². The van der Waals surface area contributed by atoms with Crippen molar-refractivity contribution in [2.45, 2.75) is 68.9 Å². The number of fused-ring (bicyclic) bond motifs is 1. The lowest BCUT2D eigenvalue weighted by Gasteiger charge is -2.23. The van der Waals surface area contributed by atoms with Crippen LogP contribution in [0.1, 0.15) is 57.2 Å². The number of hydrogen-bond acceptors (Lipinski definition) is 4. The first-order chi connectivity index (χ1) is 12.9. The summed E-state index contributed by atoms with van der Waals surface area (Å²) in [5.74, 6) is 2.08. The monoisotopic (exact) mass is 389 g/mol. The first-order valence-corrected chi connectivity index (χ1v) is 10.7. The summed E-state index contributed by atoms with van der Waals surface area (Å²) in [6.45, 7) is 6.38.